The fourth-order valence-electron chi connectivity index (χ4n) is 2.42. The number of anilines is 1. The lowest BCUT2D eigenvalue weighted by Gasteiger charge is -2.34. The Morgan fingerprint density at radius 3 is 2.79 bits per heavy atom. The molecule has 2 rings (SSSR count). The van der Waals surface area contributed by atoms with Crippen molar-refractivity contribution in [3.05, 3.63) is 26.7 Å². The minimum atomic E-state index is 0.124. The van der Waals surface area contributed by atoms with Crippen molar-refractivity contribution in [2.45, 2.75) is 32.2 Å². The highest BCUT2D eigenvalue weighted by Crippen LogP contribution is 2.38. The fourth-order valence-corrected chi connectivity index (χ4v) is 3.31. The highest BCUT2D eigenvalue weighted by Gasteiger charge is 2.28. The van der Waals surface area contributed by atoms with E-state index in [1.54, 1.807) is 0 Å². The summed E-state index contributed by atoms with van der Waals surface area (Å²) in [6, 6.07) is 4.00. The van der Waals surface area contributed by atoms with Crippen molar-refractivity contribution in [3.63, 3.8) is 0 Å². The molecular weight excluding hydrogens is 347 g/mol. The van der Waals surface area contributed by atoms with E-state index in [4.69, 9.17) is 23.2 Å². The third-order valence-electron chi connectivity index (χ3n) is 3.83. The first-order valence-corrected chi connectivity index (χ1v) is 8.15. The molecule has 0 spiro atoms. The summed E-state index contributed by atoms with van der Waals surface area (Å²) in [6.07, 6.45) is 2.20. The molecule has 0 aliphatic carbocycles. The third kappa shape index (κ3) is 3.38. The molecule has 0 bridgehead atoms. The fraction of sp³-hybridized carbons (Fsp3) is 0.571. The van der Waals surface area contributed by atoms with E-state index in [-0.39, 0.29) is 5.54 Å². The molecule has 1 unspecified atom stereocenters. The number of benzene rings is 1. The average molecular weight is 366 g/mol. The summed E-state index contributed by atoms with van der Waals surface area (Å²) in [5, 5.41) is 4.85. The van der Waals surface area contributed by atoms with Crippen LogP contribution in [0.4, 0.5) is 5.69 Å². The molecule has 1 fully saturated rings. The van der Waals surface area contributed by atoms with Gasteiger partial charge in [0.15, 0.2) is 0 Å². The first kappa shape index (κ1) is 15.4. The van der Waals surface area contributed by atoms with E-state index in [0.29, 0.717) is 10.0 Å². The van der Waals surface area contributed by atoms with Gasteiger partial charge in [0.2, 0.25) is 0 Å². The Morgan fingerprint density at radius 2 is 2.11 bits per heavy atom. The van der Waals surface area contributed by atoms with Crippen LogP contribution in [0.1, 0.15) is 26.7 Å². The van der Waals surface area contributed by atoms with E-state index < -0.39 is 0 Å². The maximum absolute atomic E-state index is 6.40. The van der Waals surface area contributed by atoms with Gasteiger partial charge in [-0.25, -0.2) is 0 Å². The lowest BCUT2D eigenvalue weighted by Crippen LogP contribution is -2.48. The Balaban J connectivity index is 2.32. The molecule has 1 atom stereocenters. The lowest BCUT2D eigenvalue weighted by atomic mass is 9.98. The van der Waals surface area contributed by atoms with Crippen molar-refractivity contribution in [2.75, 3.05) is 24.5 Å². The molecule has 1 heterocycles. The Bertz CT molecular complexity index is 467. The summed E-state index contributed by atoms with van der Waals surface area (Å²) in [7, 11) is 0. The number of halogens is 3. The van der Waals surface area contributed by atoms with Gasteiger partial charge >= 0.3 is 0 Å². The molecular formula is C14H19BrCl2N2. The number of rotatable bonds is 2. The van der Waals surface area contributed by atoms with Gasteiger partial charge in [-0.3, -0.25) is 0 Å². The quantitative estimate of drug-likeness (QED) is 0.762. The van der Waals surface area contributed by atoms with Crippen LogP contribution in [0.25, 0.3) is 0 Å². The zero-order valence-electron chi connectivity index (χ0n) is 11.3. The molecule has 0 amide bonds. The second-order valence-corrected chi connectivity index (χ2v) is 6.92. The maximum atomic E-state index is 6.40. The highest BCUT2D eigenvalue weighted by atomic mass is 79.9. The van der Waals surface area contributed by atoms with Crippen LogP contribution in [0.5, 0.6) is 0 Å². The third-order valence-corrected chi connectivity index (χ3v) is 5.59. The standard InChI is InChI=1S/C14H19BrCl2N2/c1-3-14(2)9-19(8-4-7-18-14)11-6-5-10(15)12(16)13(11)17/h5-6,18H,3-4,7-9H2,1-2H3. The molecule has 2 nitrogen and oxygen atoms in total. The summed E-state index contributed by atoms with van der Waals surface area (Å²) in [6.45, 7) is 7.47. The molecule has 1 aliphatic heterocycles. The number of nitrogens with one attached hydrogen (secondary N) is 1. The Hall–Kier alpha value is 0.0400. The van der Waals surface area contributed by atoms with Gasteiger partial charge in [-0.2, -0.15) is 0 Å². The van der Waals surface area contributed by atoms with E-state index in [9.17, 15) is 0 Å². The normalized spacial score (nSPS) is 24.4. The largest absolute Gasteiger partial charge is 0.368 e. The predicted octanol–water partition coefficient (Wildman–Crippen LogP) is 4.72. The van der Waals surface area contributed by atoms with Crippen molar-refractivity contribution < 1.29 is 0 Å². The molecule has 0 aromatic heterocycles. The Labute approximate surface area is 133 Å². The van der Waals surface area contributed by atoms with Crippen molar-refractivity contribution in [2.24, 2.45) is 0 Å². The zero-order valence-corrected chi connectivity index (χ0v) is 14.4. The number of nitrogens with zero attached hydrogens (tertiary/aromatic N) is 1. The topological polar surface area (TPSA) is 15.3 Å². The molecule has 5 heteroatoms. The van der Waals surface area contributed by atoms with Crippen molar-refractivity contribution in [1.82, 2.24) is 5.32 Å². The van der Waals surface area contributed by atoms with E-state index >= 15 is 0 Å². The van der Waals surface area contributed by atoms with Gasteiger partial charge in [0, 0.05) is 23.1 Å². The summed E-state index contributed by atoms with van der Waals surface area (Å²) in [5.41, 5.74) is 1.15. The summed E-state index contributed by atoms with van der Waals surface area (Å²) in [5.74, 6) is 0. The monoisotopic (exact) mass is 364 g/mol. The average Bonchev–Trinajstić information content (AvgIpc) is 2.59. The van der Waals surface area contributed by atoms with Gasteiger partial charge in [0.1, 0.15) is 0 Å². The van der Waals surface area contributed by atoms with Crippen LogP contribution in [-0.2, 0) is 0 Å². The Morgan fingerprint density at radius 1 is 1.37 bits per heavy atom. The minimum absolute atomic E-state index is 0.124. The van der Waals surface area contributed by atoms with Crippen LogP contribution in [0.3, 0.4) is 0 Å². The molecule has 1 aromatic rings. The van der Waals surface area contributed by atoms with Gasteiger partial charge in [-0.05, 0) is 54.4 Å². The minimum Gasteiger partial charge on any atom is -0.368 e. The van der Waals surface area contributed by atoms with Gasteiger partial charge in [-0.1, -0.05) is 30.1 Å². The molecule has 0 radical (unpaired) electrons. The van der Waals surface area contributed by atoms with Crippen LogP contribution in [-0.4, -0.2) is 25.2 Å². The van der Waals surface area contributed by atoms with Crippen LogP contribution < -0.4 is 10.2 Å². The molecule has 0 saturated carbocycles. The molecule has 1 aliphatic rings. The smallest absolute Gasteiger partial charge is 0.0837 e. The summed E-state index contributed by atoms with van der Waals surface area (Å²) >= 11 is 16.0. The molecule has 1 saturated heterocycles. The van der Waals surface area contributed by atoms with E-state index in [0.717, 1.165) is 42.6 Å². The van der Waals surface area contributed by atoms with E-state index in [1.165, 1.54) is 0 Å². The van der Waals surface area contributed by atoms with Crippen molar-refractivity contribution in [1.29, 1.82) is 0 Å². The first-order chi connectivity index (χ1) is 8.97. The van der Waals surface area contributed by atoms with Crippen LogP contribution >= 0.6 is 39.1 Å². The SMILES string of the molecule is CCC1(C)CN(c2ccc(Br)c(Cl)c2Cl)CCCN1. The van der Waals surface area contributed by atoms with Gasteiger partial charge < -0.3 is 10.2 Å². The second kappa shape index (κ2) is 6.21. The predicted molar refractivity (Wildman–Crippen MR) is 87.7 cm³/mol. The van der Waals surface area contributed by atoms with Crippen molar-refractivity contribution in [3.8, 4) is 0 Å². The lowest BCUT2D eigenvalue weighted by molar-refractivity contribution is 0.366. The number of hydrogen-bond donors (Lipinski definition) is 1. The molecule has 106 valence electrons. The van der Waals surface area contributed by atoms with E-state index in [1.807, 2.05) is 12.1 Å². The summed E-state index contributed by atoms with van der Waals surface area (Å²) < 4.78 is 0.842. The van der Waals surface area contributed by atoms with Gasteiger partial charge in [0.25, 0.3) is 0 Å². The Kier molecular flexibility index (Phi) is 5.04. The molecule has 1 N–H and O–H groups in total. The number of hydrogen-bond acceptors (Lipinski definition) is 2. The molecule has 19 heavy (non-hydrogen) atoms. The maximum Gasteiger partial charge on any atom is 0.0837 e. The zero-order chi connectivity index (χ0) is 14.0. The highest BCUT2D eigenvalue weighted by molar-refractivity contribution is 9.10. The first-order valence-electron chi connectivity index (χ1n) is 6.60. The van der Waals surface area contributed by atoms with Crippen molar-refractivity contribution >= 4 is 44.8 Å². The van der Waals surface area contributed by atoms with E-state index in [2.05, 4.69) is 40.0 Å². The van der Waals surface area contributed by atoms with Gasteiger partial charge in [-0.15, -0.1) is 0 Å². The van der Waals surface area contributed by atoms with Crippen LogP contribution in [0.15, 0.2) is 16.6 Å². The van der Waals surface area contributed by atoms with Crippen LogP contribution in [0.2, 0.25) is 10.0 Å². The van der Waals surface area contributed by atoms with Crippen LogP contribution in [0, 0.1) is 0 Å². The summed E-state index contributed by atoms with van der Waals surface area (Å²) in [4.78, 5) is 2.34. The molecule has 1 aromatic carbocycles. The van der Waals surface area contributed by atoms with Gasteiger partial charge in [0.05, 0.1) is 15.7 Å². The second-order valence-electron chi connectivity index (χ2n) is 5.31.